The number of rotatable bonds is 5. The van der Waals surface area contributed by atoms with Crippen LogP contribution >= 0.6 is 27.5 Å². The van der Waals surface area contributed by atoms with Crippen LogP contribution < -0.4 is 11.3 Å². The second-order valence-electron chi connectivity index (χ2n) is 3.22. The number of hydrazine groups is 1. The Kier molecular flexibility index (Phi) is 5.53. The van der Waals surface area contributed by atoms with Crippen LogP contribution in [-0.4, -0.2) is 5.88 Å². The summed E-state index contributed by atoms with van der Waals surface area (Å²) in [6.45, 7) is 0. The van der Waals surface area contributed by atoms with E-state index in [-0.39, 0.29) is 11.9 Å². The monoisotopic (exact) mass is 294 g/mol. The molecule has 1 aromatic rings. The van der Waals surface area contributed by atoms with Gasteiger partial charge in [-0.2, -0.15) is 0 Å². The van der Waals surface area contributed by atoms with Crippen molar-refractivity contribution in [2.75, 3.05) is 5.88 Å². The van der Waals surface area contributed by atoms with Gasteiger partial charge in [0.25, 0.3) is 0 Å². The van der Waals surface area contributed by atoms with Crippen LogP contribution in [0.2, 0.25) is 0 Å². The molecular weight excluding hydrogens is 282 g/mol. The summed E-state index contributed by atoms with van der Waals surface area (Å²) in [4.78, 5) is 0. The third-order valence-corrected chi connectivity index (χ3v) is 2.92. The van der Waals surface area contributed by atoms with Gasteiger partial charge in [-0.15, -0.1) is 11.6 Å². The standard InChI is InChI=1S/C10H13BrClFN2/c11-7-3-4-9(13)8(6-7)10(15-14)2-1-5-12/h3-4,6,10,15H,1-2,5,14H2. The maximum Gasteiger partial charge on any atom is 0.128 e. The Morgan fingerprint density at radius 3 is 2.87 bits per heavy atom. The predicted molar refractivity (Wildman–Crippen MR) is 64.1 cm³/mol. The Morgan fingerprint density at radius 1 is 1.53 bits per heavy atom. The van der Waals surface area contributed by atoms with E-state index in [9.17, 15) is 4.39 Å². The number of nitrogens with one attached hydrogen (secondary N) is 1. The lowest BCUT2D eigenvalue weighted by molar-refractivity contribution is 0.481. The molecule has 0 bridgehead atoms. The molecule has 3 N–H and O–H groups in total. The summed E-state index contributed by atoms with van der Waals surface area (Å²) in [5, 5.41) is 0. The van der Waals surface area contributed by atoms with Crippen LogP contribution in [0.1, 0.15) is 24.4 Å². The molecule has 1 aromatic carbocycles. The van der Waals surface area contributed by atoms with Gasteiger partial charge in [0.15, 0.2) is 0 Å². The van der Waals surface area contributed by atoms with Gasteiger partial charge in [-0.1, -0.05) is 15.9 Å². The molecule has 0 aliphatic heterocycles. The van der Waals surface area contributed by atoms with Crippen molar-refractivity contribution in [2.45, 2.75) is 18.9 Å². The van der Waals surface area contributed by atoms with Crippen LogP contribution in [0.4, 0.5) is 4.39 Å². The normalized spacial score (nSPS) is 12.8. The van der Waals surface area contributed by atoms with Crippen LogP contribution in [0.25, 0.3) is 0 Å². The molecule has 0 aromatic heterocycles. The number of alkyl halides is 1. The molecule has 0 spiro atoms. The van der Waals surface area contributed by atoms with Gasteiger partial charge in [-0.3, -0.25) is 11.3 Å². The van der Waals surface area contributed by atoms with Gasteiger partial charge < -0.3 is 0 Å². The maximum atomic E-state index is 13.5. The molecule has 2 nitrogen and oxygen atoms in total. The lowest BCUT2D eigenvalue weighted by Crippen LogP contribution is -2.28. The maximum absolute atomic E-state index is 13.5. The highest BCUT2D eigenvalue weighted by atomic mass is 79.9. The summed E-state index contributed by atoms with van der Waals surface area (Å²) in [6, 6.07) is 4.62. The van der Waals surface area contributed by atoms with Crippen molar-refractivity contribution in [3.05, 3.63) is 34.1 Å². The van der Waals surface area contributed by atoms with Crippen LogP contribution in [0.3, 0.4) is 0 Å². The zero-order valence-electron chi connectivity index (χ0n) is 8.14. The summed E-state index contributed by atoms with van der Waals surface area (Å²) < 4.78 is 14.3. The number of benzene rings is 1. The minimum Gasteiger partial charge on any atom is -0.271 e. The van der Waals surface area contributed by atoms with Gasteiger partial charge in [0.05, 0.1) is 0 Å². The molecule has 5 heteroatoms. The lowest BCUT2D eigenvalue weighted by atomic mass is 10.0. The number of halogens is 3. The fourth-order valence-corrected chi connectivity index (χ4v) is 1.92. The molecule has 1 rings (SSSR count). The van der Waals surface area contributed by atoms with Gasteiger partial charge in [0.1, 0.15) is 5.82 Å². The van der Waals surface area contributed by atoms with E-state index in [4.69, 9.17) is 17.4 Å². The zero-order chi connectivity index (χ0) is 11.3. The van der Waals surface area contributed by atoms with E-state index in [2.05, 4.69) is 21.4 Å². The highest BCUT2D eigenvalue weighted by Gasteiger charge is 2.14. The summed E-state index contributed by atoms with van der Waals surface area (Å²) in [7, 11) is 0. The van der Waals surface area contributed by atoms with Crippen molar-refractivity contribution < 1.29 is 4.39 Å². The molecule has 0 aliphatic rings. The molecule has 0 saturated carbocycles. The van der Waals surface area contributed by atoms with E-state index in [1.165, 1.54) is 6.07 Å². The summed E-state index contributed by atoms with van der Waals surface area (Å²) in [5.74, 6) is 5.68. The molecule has 0 aliphatic carbocycles. The molecule has 0 heterocycles. The molecule has 1 unspecified atom stereocenters. The SMILES string of the molecule is NNC(CCCCl)c1cc(Br)ccc1F. The smallest absolute Gasteiger partial charge is 0.128 e. The van der Waals surface area contributed by atoms with E-state index >= 15 is 0 Å². The van der Waals surface area contributed by atoms with Crippen molar-refractivity contribution in [1.29, 1.82) is 0 Å². The Morgan fingerprint density at radius 2 is 2.27 bits per heavy atom. The largest absolute Gasteiger partial charge is 0.271 e. The highest BCUT2D eigenvalue weighted by Crippen LogP contribution is 2.24. The lowest BCUT2D eigenvalue weighted by Gasteiger charge is -2.16. The first-order valence-corrected chi connectivity index (χ1v) is 5.99. The van der Waals surface area contributed by atoms with Gasteiger partial charge in [0.2, 0.25) is 0 Å². The average Bonchev–Trinajstić information content (AvgIpc) is 2.24. The molecular formula is C10H13BrClFN2. The zero-order valence-corrected chi connectivity index (χ0v) is 10.5. The van der Waals surface area contributed by atoms with E-state index in [0.717, 1.165) is 10.9 Å². The van der Waals surface area contributed by atoms with Gasteiger partial charge in [-0.05, 0) is 31.0 Å². The van der Waals surface area contributed by atoms with E-state index in [1.807, 2.05) is 0 Å². The Bertz CT molecular complexity index is 322. The Hall–Kier alpha value is -0.160. The average molecular weight is 296 g/mol. The van der Waals surface area contributed by atoms with Gasteiger partial charge in [0, 0.05) is 22.0 Å². The van der Waals surface area contributed by atoms with E-state index in [1.54, 1.807) is 12.1 Å². The van der Waals surface area contributed by atoms with Crippen molar-refractivity contribution in [3.63, 3.8) is 0 Å². The number of hydrogen-bond donors (Lipinski definition) is 2. The molecule has 84 valence electrons. The Labute approximate surface area is 102 Å². The number of hydrogen-bond acceptors (Lipinski definition) is 2. The van der Waals surface area contributed by atoms with Crippen molar-refractivity contribution >= 4 is 27.5 Å². The van der Waals surface area contributed by atoms with Crippen LogP contribution in [0.5, 0.6) is 0 Å². The van der Waals surface area contributed by atoms with Crippen LogP contribution in [-0.2, 0) is 0 Å². The van der Waals surface area contributed by atoms with Crippen LogP contribution in [0.15, 0.2) is 22.7 Å². The number of nitrogens with two attached hydrogens (primary N) is 1. The third kappa shape index (κ3) is 3.72. The van der Waals surface area contributed by atoms with Gasteiger partial charge >= 0.3 is 0 Å². The first kappa shape index (κ1) is 12.9. The van der Waals surface area contributed by atoms with Crippen molar-refractivity contribution in [3.8, 4) is 0 Å². The van der Waals surface area contributed by atoms with E-state index in [0.29, 0.717) is 17.9 Å². The first-order valence-electron chi connectivity index (χ1n) is 4.66. The quantitative estimate of drug-likeness (QED) is 0.498. The summed E-state index contributed by atoms with van der Waals surface area (Å²) >= 11 is 8.89. The molecule has 0 saturated heterocycles. The molecule has 0 radical (unpaired) electrons. The molecule has 15 heavy (non-hydrogen) atoms. The van der Waals surface area contributed by atoms with Gasteiger partial charge in [-0.25, -0.2) is 4.39 Å². The second kappa shape index (κ2) is 6.43. The highest BCUT2D eigenvalue weighted by molar-refractivity contribution is 9.10. The first-order chi connectivity index (χ1) is 7.19. The minimum atomic E-state index is -0.254. The fourth-order valence-electron chi connectivity index (χ4n) is 1.39. The summed E-state index contributed by atoms with van der Waals surface area (Å²) in [6.07, 6.45) is 1.51. The predicted octanol–water partition coefficient (Wildman–Crippen LogP) is 3.11. The van der Waals surface area contributed by atoms with Crippen molar-refractivity contribution in [1.82, 2.24) is 5.43 Å². The molecule has 1 atom stereocenters. The molecule has 0 fully saturated rings. The van der Waals surface area contributed by atoms with Crippen LogP contribution in [0, 0.1) is 5.82 Å². The third-order valence-electron chi connectivity index (χ3n) is 2.16. The Balaban J connectivity index is 2.85. The van der Waals surface area contributed by atoms with Crippen molar-refractivity contribution in [2.24, 2.45) is 5.84 Å². The summed E-state index contributed by atoms with van der Waals surface area (Å²) in [5.41, 5.74) is 3.17. The fraction of sp³-hybridized carbons (Fsp3) is 0.400. The molecule has 0 amide bonds. The topological polar surface area (TPSA) is 38.0 Å². The van der Waals surface area contributed by atoms with E-state index < -0.39 is 0 Å². The minimum absolute atomic E-state index is 0.193. The second-order valence-corrected chi connectivity index (χ2v) is 4.51.